The molecule has 1 aliphatic rings. The van der Waals surface area contributed by atoms with Gasteiger partial charge in [-0.3, -0.25) is 4.90 Å². The van der Waals surface area contributed by atoms with E-state index in [1.165, 1.54) is 7.05 Å². The highest BCUT2D eigenvalue weighted by Gasteiger charge is 2.43. The molecule has 3 aromatic rings. The quantitative estimate of drug-likeness (QED) is 0.562. The first-order valence-corrected chi connectivity index (χ1v) is 11.3. The number of nitrogens with zero attached hydrogens (tertiary/aromatic N) is 7. The Bertz CT molecular complexity index is 1250. The van der Waals surface area contributed by atoms with E-state index in [0.29, 0.717) is 16.4 Å². The van der Waals surface area contributed by atoms with Gasteiger partial charge in [0.15, 0.2) is 11.6 Å². The van der Waals surface area contributed by atoms with E-state index >= 15 is 0 Å². The summed E-state index contributed by atoms with van der Waals surface area (Å²) in [7, 11) is 3.62. The van der Waals surface area contributed by atoms with Gasteiger partial charge in [-0.15, -0.1) is 0 Å². The molecule has 3 heterocycles. The zero-order valence-corrected chi connectivity index (χ0v) is 20.9. The summed E-state index contributed by atoms with van der Waals surface area (Å²) in [6, 6.07) is 4.99. The monoisotopic (exact) mass is 489 g/mol. The second-order valence-electron chi connectivity index (χ2n) is 9.91. The van der Waals surface area contributed by atoms with E-state index in [-0.39, 0.29) is 28.9 Å². The maximum atomic E-state index is 14.6. The molecular formula is C22H29ClFN9O. The van der Waals surface area contributed by atoms with Gasteiger partial charge >= 0.3 is 5.69 Å². The normalized spacial score (nSPS) is 18.1. The molecule has 182 valence electrons. The molecule has 0 saturated carbocycles. The van der Waals surface area contributed by atoms with Crippen LogP contribution in [0.2, 0.25) is 5.02 Å². The van der Waals surface area contributed by atoms with Crippen LogP contribution in [0.3, 0.4) is 0 Å². The molecule has 1 aliphatic heterocycles. The molecule has 34 heavy (non-hydrogen) atoms. The van der Waals surface area contributed by atoms with Crippen LogP contribution in [0.5, 0.6) is 0 Å². The van der Waals surface area contributed by atoms with Crippen LogP contribution in [0.15, 0.2) is 29.2 Å². The molecular weight excluding hydrogens is 461 g/mol. The van der Waals surface area contributed by atoms with Crippen LogP contribution in [0.25, 0.3) is 5.69 Å². The van der Waals surface area contributed by atoms with Crippen LogP contribution in [-0.2, 0) is 7.05 Å². The van der Waals surface area contributed by atoms with E-state index in [1.54, 1.807) is 18.2 Å². The molecule has 0 unspecified atom stereocenters. The molecule has 0 atom stereocenters. The number of likely N-dealkylation sites (tertiary alicyclic amines) is 1. The van der Waals surface area contributed by atoms with Crippen molar-refractivity contribution in [1.82, 2.24) is 34.7 Å². The Labute approximate surface area is 202 Å². The molecule has 10 nitrogen and oxygen atoms in total. The Balaban J connectivity index is 1.57. The minimum Gasteiger partial charge on any atom is -0.365 e. The van der Waals surface area contributed by atoms with Crippen molar-refractivity contribution in [2.75, 3.05) is 17.7 Å². The average Bonchev–Trinajstić information content (AvgIpc) is 3.08. The second kappa shape index (κ2) is 8.62. The predicted octanol–water partition coefficient (Wildman–Crippen LogP) is 3.36. The number of benzene rings is 1. The Morgan fingerprint density at radius 3 is 2.41 bits per heavy atom. The maximum absolute atomic E-state index is 14.6. The first-order chi connectivity index (χ1) is 15.9. The number of aryl methyl sites for hydroxylation is 1. The van der Waals surface area contributed by atoms with Gasteiger partial charge in [0.25, 0.3) is 0 Å². The zero-order valence-electron chi connectivity index (χ0n) is 20.1. The molecule has 0 spiro atoms. The molecule has 1 fully saturated rings. The third-order valence-electron chi connectivity index (χ3n) is 6.54. The van der Waals surface area contributed by atoms with Gasteiger partial charge in [0.2, 0.25) is 5.95 Å². The highest BCUT2D eigenvalue weighted by molar-refractivity contribution is 6.32. The molecule has 0 aliphatic carbocycles. The van der Waals surface area contributed by atoms with Crippen molar-refractivity contribution >= 4 is 29.1 Å². The first kappa shape index (κ1) is 24.1. The predicted molar refractivity (Wildman–Crippen MR) is 129 cm³/mol. The van der Waals surface area contributed by atoms with Gasteiger partial charge in [0.1, 0.15) is 0 Å². The Hall–Kier alpha value is -3.05. The number of aromatic nitrogens is 6. The SMILES string of the molecule is CN1C(C)(C)CC(Nc2nc(Nc3ccc(Cl)c(-n4nnn(C)c4=O)c3)ncc2F)CC1(C)C. The summed E-state index contributed by atoms with van der Waals surface area (Å²) in [6.07, 6.45) is 2.81. The zero-order chi connectivity index (χ0) is 24.8. The van der Waals surface area contributed by atoms with Gasteiger partial charge in [-0.1, -0.05) is 11.6 Å². The maximum Gasteiger partial charge on any atom is 0.368 e. The summed E-state index contributed by atoms with van der Waals surface area (Å²) in [4.78, 5) is 23.0. The van der Waals surface area contributed by atoms with Gasteiger partial charge in [-0.2, -0.15) is 14.3 Å². The highest BCUT2D eigenvalue weighted by Crippen LogP contribution is 2.38. The van der Waals surface area contributed by atoms with Crippen LogP contribution >= 0.6 is 11.6 Å². The topological polar surface area (TPSA) is 106 Å². The summed E-state index contributed by atoms with van der Waals surface area (Å²) in [5.74, 6) is -0.184. The molecule has 2 N–H and O–H groups in total. The smallest absolute Gasteiger partial charge is 0.365 e. The molecule has 0 radical (unpaired) electrons. The summed E-state index contributed by atoms with van der Waals surface area (Å²) < 4.78 is 16.8. The van der Waals surface area contributed by atoms with Crippen molar-refractivity contribution < 1.29 is 4.39 Å². The number of halogens is 2. The molecule has 2 aromatic heterocycles. The van der Waals surface area contributed by atoms with Gasteiger partial charge in [-0.25, -0.2) is 14.2 Å². The van der Waals surface area contributed by atoms with Crippen molar-refractivity contribution in [3.8, 4) is 5.69 Å². The Morgan fingerprint density at radius 1 is 1.12 bits per heavy atom. The lowest BCUT2D eigenvalue weighted by Gasteiger charge is -2.53. The summed E-state index contributed by atoms with van der Waals surface area (Å²) in [5.41, 5.74) is 0.356. The molecule has 0 amide bonds. The number of tetrazole rings is 1. The minimum absolute atomic E-state index is 0.0455. The third-order valence-corrected chi connectivity index (χ3v) is 6.86. The third kappa shape index (κ3) is 4.62. The van der Waals surface area contributed by atoms with Crippen LogP contribution < -0.4 is 16.3 Å². The summed E-state index contributed by atoms with van der Waals surface area (Å²) in [6.45, 7) is 8.75. The number of hydrogen-bond acceptors (Lipinski definition) is 8. The molecule has 1 aromatic carbocycles. The number of rotatable bonds is 5. The van der Waals surface area contributed by atoms with E-state index in [2.05, 4.69) is 70.7 Å². The van der Waals surface area contributed by atoms with Crippen LogP contribution in [0.4, 0.5) is 21.8 Å². The Morgan fingerprint density at radius 2 is 1.79 bits per heavy atom. The minimum atomic E-state index is -0.525. The fraction of sp³-hybridized carbons (Fsp3) is 0.500. The lowest BCUT2D eigenvalue weighted by molar-refractivity contribution is -0.00778. The first-order valence-electron chi connectivity index (χ1n) is 11.0. The van der Waals surface area contributed by atoms with Crippen molar-refractivity contribution in [2.45, 2.75) is 57.7 Å². The molecule has 4 rings (SSSR count). The standard InChI is InChI=1S/C22H29ClFN9O/c1-21(2)10-14(11-22(3,4)32(21)6)26-18-16(24)12-25-19(28-18)27-13-7-8-15(23)17(9-13)33-20(34)31(5)29-30-33/h7-9,12,14H,10-11H2,1-6H3,(H2,25,26,27,28). The molecule has 0 bridgehead atoms. The van der Waals surface area contributed by atoms with Crippen LogP contribution in [-0.4, -0.2) is 58.8 Å². The van der Waals surface area contributed by atoms with Crippen molar-refractivity contribution in [2.24, 2.45) is 7.05 Å². The number of hydrogen-bond donors (Lipinski definition) is 2. The van der Waals surface area contributed by atoms with Gasteiger partial charge < -0.3 is 10.6 Å². The Kier molecular flexibility index (Phi) is 6.11. The number of piperidine rings is 1. The van der Waals surface area contributed by atoms with Crippen molar-refractivity contribution in [3.63, 3.8) is 0 Å². The largest absolute Gasteiger partial charge is 0.368 e. The van der Waals surface area contributed by atoms with Crippen molar-refractivity contribution in [1.29, 1.82) is 0 Å². The molecule has 12 heteroatoms. The average molecular weight is 490 g/mol. The lowest BCUT2D eigenvalue weighted by Crippen LogP contribution is -2.61. The van der Waals surface area contributed by atoms with E-state index in [0.717, 1.165) is 28.4 Å². The van der Waals surface area contributed by atoms with Gasteiger partial charge in [0.05, 0.1) is 16.9 Å². The van der Waals surface area contributed by atoms with E-state index in [4.69, 9.17) is 11.6 Å². The van der Waals surface area contributed by atoms with E-state index < -0.39 is 11.5 Å². The summed E-state index contributed by atoms with van der Waals surface area (Å²) >= 11 is 6.27. The van der Waals surface area contributed by atoms with Gasteiger partial charge in [0, 0.05) is 29.9 Å². The van der Waals surface area contributed by atoms with E-state index in [1.807, 2.05) is 0 Å². The fourth-order valence-corrected chi connectivity index (χ4v) is 4.74. The number of nitrogens with one attached hydrogen (secondary N) is 2. The fourth-order valence-electron chi connectivity index (χ4n) is 4.54. The summed E-state index contributed by atoms with van der Waals surface area (Å²) in [5, 5.41) is 14.2. The highest BCUT2D eigenvalue weighted by atomic mass is 35.5. The van der Waals surface area contributed by atoms with Crippen molar-refractivity contribution in [3.05, 3.63) is 45.7 Å². The lowest BCUT2D eigenvalue weighted by atomic mass is 9.77. The number of anilines is 3. The molecule has 1 saturated heterocycles. The van der Waals surface area contributed by atoms with E-state index in [9.17, 15) is 9.18 Å². The van der Waals surface area contributed by atoms with Crippen LogP contribution in [0, 0.1) is 5.82 Å². The van der Waals surface area contributed by atoms with Gasteiger partial charge in [-0.05, 0) is 76.2 Å². The van der Waals surface area contributed by atoms with Crippen LogP contribution in [0.1, 0.15) is 40.5 Å². The second-order valence-corrected chi connectivity index (χ2v) is 10.3.